The Labute approximate surface area is 138 Å². The smallest absolute Gasteiger partial charge is 0.247 e. The first-order valence-electron chi connectivity index (χ1n) is 7.28. The molecular weight excluding hydrogens is 344 g/mol. The normalized spacial score (nSPS) is 15.9. The van der Waals surface area contributed by atoms with E-state index in [2.05, 4.69) is 72.3 Å². The number of piperazine rings is 1. The number of benzene rings is 1. The molecule has 1 aromatic heterocycles. The third kappa shape index (κ3) is 3.53. The minimum Gasteiger partial charge on any atom is -0.338 e. The maximum atomic E-state index is 4.58. The molecule has 0 radical (unpaired) electrons. The van der Waals surface area contributed by atoms with E-state index in [4.69, 9.17) is 0 Å². The number of nitrogens with zero attached hydrogens (tertiary/aromatic N) is 5. The Morgan fingerprint density at radius 3 is 2.68 bits per heavy atom. The minimum absolute atomic E-state index is 0.682. The lowest BCUT2D eigenvalue weighted by Crippen LogP contribution is -2.45. The van der Waals surface area contributed by atoms with Crippen molar-refractivity contribution in [1.29, 1.82) is 0 Å². The second kappa shape index (κ2) is 6.58. The van der Waals surface area contributed by atoms with Gasteiger partial charge in [0, 0.05) is 30.7 Å². The van der Waals surface area contributed by atoms with Crippen molar-refractivity contribution >= 4 is 33.4 Å². The fourth-order valence-corrected chi connectivity index (χ4v) is 2.95. The van der Waals surface area contributed by atoms with E-state index in [0.29, 0.717) is 11.8 Å². The minimum atomic E-state index is 0.682. The summed E-state index contributed by atoms with van der Waals surface area (Å²) in [6.07, 6.45) is 1.64. The summed E-state index contributed by atoms with van der Waals surface area (Å²) >= 11 is 3.56. The molecule has 1 aliphatic rings. The van der Waals surface area contributed by atoms with Crippen LogP contribution >= 0.6 is 15.9 Å². The lowest BCUT2D eigenvalue weighted by atomic mass is 10.2. The van der Waals surface area contributed by atoms with Crippen molar-refractivity contribution in [3.8, 4) is 0 Å². The number of anilines is 3. The molecular formula is C15H19BrN6. The van der Waals surface area contributed by atoms with Crippen LogP contribution in [0.15, 0.2) is 28.9 Å². The summed E-state index contributed by atoms with van der Waals surface area (Å²) in [6.45, 7) is 5.95. The summed E-state index contributed by atoms with van der Waals surface area (Å²) in [7, 11) is 2.13. The number of halogens is 1. The number of hydrogen-bond donors (Lipinski definition) is 1. The van der Waals surface area contributed by atoms with Crippen LogP contribution in [0.4, 0.5) is 17.5 Å². The Hall–Kier alpha value is -1.73. The molecule has 2 aromatic rings. The van der Waals surface area contributed by atoms with E-state index in [0.717, 1.165) is 36.3 Å². The van der Waals surface area contributed by atoms with Gasteiger partial charge in [0.25, 0.3) is 0 Å². The van der Waals surface area contributed by atoms with Crippen LogP contribution in [0.2, 0.25) is 0 Å². The Morgan fingerprint density at radius 2 is 1.95 bits per heavy atom. The molecule has 116 valence electrons. The van der Waals surface area contributed by atoms with Crippen molar-refractivity contribution in [2.45, 2.75) is 6.92 Å². The predicted octanol–water partition coefficient (Wildman–Crippen LogP) is 2.44. The van der Waals surface area contributed by atoms with Gasteiger partial charge < -0.3 is 15.1 Å². The highest BCUT2D eigenvalue weighted by Gasteiger charge is 2.17. The van der Waals surface area contributed by atoms with Crippen LogP contribution in [-0.4, -0.2) is 53.3 Å². The molecule has 0 atom stereocenters. The van der Waals surface area contributed by atoms with E-state index in [-0.39, 0.29) is 0 Å². The van der Waals surface area contributed by atoms with Gasteiger partial charge in [-0.3, -0.25) is 0 Å². The topological polar surface area (TPSA) is 57.2 Å². The maximum absolute atomic E-state index is 4.58. The van der Waals surface area contributed by atoms with Gasteiger partial charge in [0.15, 0.2) is 5.82 Å². The molecule has 1 saturated heterocycles. The van der Waals surface area contributed by atoms with Crippen LogP contribution in [-0.2, 0) is 0 Å². The van der Waals surface area contributed by atoms with Gasteiger partial charge >= 0.3 is 0 Å². The molecule has 0 spiro atoms. The largest absolute Gasteiger partial charge is 0.338 e. The molecule has 1 aromatic carbocycles. The van der Waals surface area contributed by atoms with Crippen molar-refractivity contribution < 1.29 is 0 Å². The lowest BCUT2D eigenvalue weighted by Gasteiger charge is -2.32. The summed E-state index contributed by atoms with van der Waals surface area (Å²) in [4.78, 5) is 9.05. The van der Waals surface area contributed by atoms with Crippen molar-refractivity contribution in [2.75, 3.05) is 43.4 Å². The molecule has 6 nitrogen and oxygen atoms in total. The van der Waals surface area contributed by atoms with Crippen LogP contribution in [0.5, 0.6) is 0 Å². The summed E-state index contributed by atoms with van der Waals surface area (Å²) in [5.41, 5.74) is 2.17. The number of likely N-dealkylation sites (N-methyl/N-ethyl adjacent to an activating group) is 1. The molecule has 2 heterocycles. The van der Waals surface area contributed by atoms with Gasteiger partial charge in [-0.2, -0.15) is 10.1 Å². The van der Waals surface area contributed by atoms with Crippen LogP contribution in [0.25, 0.3) is 0 Å². The summed E-state index contributed by atoms with van der Waals surface area (Å²) in [5, 5.41) is 11.5. The van der Waals surface area contributed by atoms with Crippen molar-refractivity contribution in [2.24, 2.45) is 0 Å². The molecule has 0 aliphatic carbocycles. The van der Waals surface area contributed by atoms with Gasteiger partial charge in [-0.25, -0.2) is 0 Å². The zero-order chi connectivity index (χ0) is 15.5. The monoisotopic (exact) mass is 362 g/mol. The Morgan fingerprint density at radius 1 is 1.18 bits per heavy atom. The predicted molar refractivity (Wildman–Crippen MR) is 91.7 cm³/mol. The Balaban J connectivity index is 1.76. The molecule has 1 aliphatic heterocycles. The lowest BCUT2D eigenvalue weighted by molar-refractivity contribution is 0.311. The zero-order valence-electron chi connectivity index (χ0n) is 12.8. The molecule has 0 saturated carbocycles. The highest BCUT2D eigenvalue weighted by Crippen LogP contribution is 2.26. The molecule has 0 bridgehead atoms. The SMILES string of the molecule is Cc1ccc(Nc2cnnc(N3CCN(C)CC3)n2)c(Br)c1. The molecule has 3 rings (SSSR count). The first-order chi connectivity index (χ1) is 10.6. The summed E-state index contributed by atoms with van der Waals surface area (Å²) in [5.74, 6) is 1.38. The standard InChI is InChI=1S/C15H19BrN6/c1-11-3-4-13(12(16)9-11)18-14-10-17-20-15(19-14)22-7-5-21(2)6-8-22/h3-4,9-10H,5-8H2,1-2H3,(H,18,19,20). The average Bonchev–Trinajstić information content (AvgIpc) is 2.51. The van der Waals surface area contributed by atoms with E-state index in [1.807, 2.05) is 6.07 Å². The highest BCUT2D eigenvalue weighted by molar-refractivity contribution is 9.10. The number of aryl methyl sites for hydroxylation is 1. The maximum Gasteiger partial charge on any atom is 0.247 e. The van der Waals surface area contributed by atoms with Crippen molar-refractivity contribution in [1.82, 2.24) is 20.1 Å². The second-order valence-corrected chi connectivity index (χ2v) is 6.39. The van der Waals surface area contributed by atoms with Gasteiger partial charge in [0.2, 0.25) is 5.95 Å². The highest BCUT2D eigenvalue weighted by atomic mass is 79.9. The number of aromatic nitrogens is 3. The number of nitrogens with one attached hydrogen (secondary N) is 1. The Kier molecular flexibility index (Phi) is 4.54. The van der Waals surface area contributed by atoms with Crippen LogP contribution in [0, 0.1) is 6.92 Å². The Bertz CT molecular complexity index is 654. The molecule has 0 unspecified atom stereocenters. The van der Waals surface area contributed by atoms with Crippen molar-refractivity contribution in [3.63, 3.8) is 0 Å². The van der Waals surface area contributed by atoms with E-state index >= 15 is 0 Å². The van der Waals surface area contributed by atoms with E-state index < -0.39 is 0 Å². The molecule has 0 amide bonds. The fourth-order valence-electron chi connectivity index (χ4n) is 2.35. The number of hydrogen-bond acceptors (Lipinski definition) is 6. The zero-order valence-corrected chi connectivity index (χ0v) is 14.3. The van der Waals surface area contributed by atoms with Gasteiger partial charge in [-0.15, -0.1) is 5.10 Å². The van der Waals surface area contributed by atoms with Gasteiger partial charge in [-0.1, -0.05) is 6.07 Å². The van der Waals surface area contributed by atoms with E-state index in [9.17, 15) is 0 Å². The molecule has 1 fully saturated rings. The quantitative estimate of drug-likeness (QED) is 0.904. The van der Waals surface area contributed by atoms with Gasteiger partial charge in [-0.05, 0) is 47.6 Å². The number of rotatable bonds is 3. The third-order valence-electron chi connectivity index (χ3n) is 3.72. The molecule has 7 heteroatoms. The van der Waals surface area contributed by atoms with Gasteiger partial charge in [0.1, 0.15) is 0 Å². The second-order valence-electron chi connectivity index (χ2n) is 5.54. The van der Waals surface area contributed by atoms with Crippen LogP contribution in [0.1, 0.15) is 5.56 Å². The van der Waals surface area contributed by atoms with Crippen LogP contribution in [0.3, 0.4) is 0 Å². The van der Waals surface area contributed by atoms with E-state index in [1.54, 1.807) is 6.20 Å². The van der Waals surface area contributed by atoms with E-state index in [1.165, 1.54) is 5.56 Å². The summed E-state index contributed by atoms with van der Waals surface area (Å²) < 4.78 is 1.01. The molecule has 22 heavy (non-hydrogen) atoms. The first-order valence-corrected chi connectivity index (χ1v) is 8.07. The van der Waals surface area contributed by atoms with Gasteiger partial charge in [0.05, 0.1) is 11.9 Å². The van der Waals surface area contributed by atoms with Crippen LogP contribution < -0.4 is 10.2 Å². The first kappa shape index (κ1) is 15.2. The average molecular weight is 363 g/mol. The molecule has 1 N–H and O–H groups in total. The summed E-state index contributed by atoms with van der Waals surface area (Å²) in [6, 6.07) is 6.15. The fraction of sp³-hybridized carbons (Fsp3) is 0.400. The van der Waals surface area contributed by atoms with Crippen molar-refractivity contribution in [3.05, 3.63) is 34.4 Å². The third-order valence-corrected chi connectivity index (χ3v) is 4.38.